The number of rotatable bonds is 0. The van der Waals surface area contributed by atoms with E-state index in [1.807, 2.05) is 0 Å². The molecule has 7 heteroatoms. The van der Waals surface area contributed by atoms with Crippen molar-refractivity contribution in [3.63, 3.8) is 0 Å². The standard InChI is InChI=1S/C5H4N4O.CH2O2/c10-9-5-4(7-8-9)2-1-3-6-5;2-1-3/h1-3,10H;1H,(H,2,3). The Hall–Kier alpha value is -2.18. The third-order valence-electron chi connectivity index (χ3n) is 1.19. The molecule has 2 rings (SSSR count). The van der Waals surface area contributed by atoms with E-state index in [9.17, 15) is 0 Å². The van der Waals surface area contributed by atoms with Crippen LogP contribution in [0.1, 0.15) is 0 Å². The molecule has 0 atom stereocenters. The quantitative estimate of drug-likeness (QED) is 0.431. The van der Waals surface area contributed by atoms with Crippen LogP contribution in [0.3, 0.4) is 0 Å². The maximum Gasteiger partial charge on any atom is 0.290 e. The third kappa shape index (κ3) is 1.89. The van der Waals surface area contributed by atoms with E-state index in [0.717, 1.165) is 0 Å². The van der Waals surface area contributed by atoms with Crippen LogP contribution in [0.5, 0.6) is 0 Å². The predicted octanol–water partition coefficient (Wildman–Crippen LogP) is -0.236. The molecule has 0 saturated carbocycles. The van der Waals surface area contributed by atoms with Gasteiger partial charge < -0.3 is 10.3 Å². The number of aromatic nitrogens is 4. The molecule has 0 unspecified atom stereocenters. The first-order valence-corrected chi connectivity index (χ1v) is 3.23. The summed E-state index contributed by atoms with van der Waals surface area (Å²) in [6, 6.07) is 3.46. The molecule has 0 aliphatic carbocycles. The molecule has 2 N–H and O–H groups in total. The van der Waals surface area contributed by atoms with Crippen molar-refractivity contribution >= 4 is 17.6 Å². The molecule has 2 aromatic rings. The Kier molecular flexibility index (Phi) is 2.74. The Balaban J connectivity index is 0.000000251. The van der Waals surface area contributed by atoms with Crippen molar-refractivity contribution < 1.29 is 15.1 Å². The fraction of sp³-hybridized carbons (Fsp3) is 0. The molecule has 0 fully saturated rings. The Morgan fingerprint density at radius 1 is 1.54 bits per heavy atom. The van der Waals surface area contributed by atoms with Gasteiger partial charge in [0.15, 0.2) is 0 Å². The van der Waals surface area contributed by atoms with Gasteiger partial charge in [0, 0.05) is 6.20 Å². The van der Waals surface area contributed by atoms with Gasteiger partial charge in [0.1, 0.15) is 5.52 Å². The molecule has 2 aromatic heterocycles. The average Bonchev–Trinajstić information content (AvgIpc) is 2.50. The van der Waals surface area contributed by atoms with Crippen molar-refractivity contribution in [3.8, 4) is 0 Å². The monoisotopic (exact) mass is 182 g/mol. The second-order valence-electron chi connectivity index (χ2n) is 1.93. The van der Waals surface area contributed by atoms with E-state index in [4.69, 9.17) is 15.1 Å². The summed E-state index contributed by atoms with van der Waals surface area (Å²) in [6.07, 6.45) is 1.57. The van der Waals surface area contributed by atoms with Crippen LogP contribution in [0.25, 0.3) is 11.2 Å². The van der Waals surface area contributed by atoms with Crippen LogP contribution in [0.2, 0.25) is 0 Å². The number of hydrogen-bond donors (Lipinski definition) is 2. The molecule has 0 aromatic carbocycles. The minimum Gasteiger partial charge on any atom is -0.483 e. The van der Waals surface area contributed by atoms with Gasteiger partial charge in [0.2, 0.25) is 5.65 Å². The number of pyridine rings is 1. The Bertz CT molecular complexity index is 399. The SMILES string of the molecule is O=CO.On1nnc2cccnc21. The minimum absolute atomic E-state index is 0.250. The van der Waals surface area contributed by atoms with Crippen molar-refractivity contribution in [1.29, 1.82) is 0 Å². The molecule has 0 radical (unpaired) electrons. The van der Waals surface area contributed by atoms with Crippen LogP contribution >= 0.6 is 0 Å². The largest absolute Gasteiger partial charge is 0.483 e. The zero-order valence-electron chi connectivity index (χ0n) is 6.40. The molecular weight excluding hydrogens is 176 g/mol. The summed E-state index contributed by atoms with van der Waals surface area (Å²) in [7, 11) is 0. The fourth-order valence-electron chi connectivity index (χ4n) is 0.754. The Morgan fingerprint density at radius 2 is 2.23 bits per heavy atom. The van der Waals surface area contributed by atoms with Crippen molar-refractivity contribution in [1.82, 2.24) is 20.1 Å². The van der Waals surface area contributed by atoms with Crippen LogP contribution < -0.4 is 0 Å². The predicted molar refractivity (Wildman–Crippen MR) is 41.2 cm³/mol. The van der Waals surface area contributed by atoms with E-state index in [0.29, 0.717) is 16.0 Å². The molecule has 0 amide bonds. The zero-order chi connectivity index (χ0) is 9.68. The molecule has 68 valence electrons. The normalized spacial score (nSPS) is 8.92. The molecule has 0 aliphatic heterocycles. The van der Waals surface area contributed by atoms with Crippen molar-refractivity contribution in [2.24, 2.45) is 0 Å². The van der Waals surface area contributed by atoms with Gasteiger partial charge in [-0.15, -0.1) is 5.10 Å². The number of carboxylic acid groups (broad SMARTS) is 1. The molecule has 2 heterocycles. The highest BCUT2D eigenvalue weighted by Gasteiger charge is 2.00. The summed E-state index contributed by atoms with van der Waals surface area (Å²) in [6.45, 7) is -0.250. The highest BCUT2D eigenvalue weighted by atomic mass is 16.5. The highest BCUT2D eigenvalue weighted by molar-refractivity contribution is 5.68. The molecule has 0 aliphatic rings. The summed E-state index contributed by atoms with van der Waals surface area (Å²) in [5, 5.41) is 22.8. The lowest BCUT2D eigenvalue weighted by atomic mass is 10.4. The Labute approximate surface area is 72.2 Å². The average molecular weight is 182 g/mol. The van der Waals surface area contributed by atoms with Gasteiger partial charge in [-0.05, 0) is 17.3 Å². The van der Waals surface area contributed by atoms with Crippen LogP contribution in [-0.4, -0.2) is 36.9 Å². The molecule has 0 bridgehead atoms. The maximum atomic E-state index is 8.89. The maximum absolute atomic E-state index is 8.89. The highest BCUT2D eigenvalue weighted by Crippen LogP contribution is 2.02. The van der Waals surface area contributed by atoms with Gasteiger partial charge in [-0.3, -0.25) is 4.79 Å². The fourth-order valence-corrected chi connectivity index (χ4v) is 0.754. The molecule has 0 saturated heterocycles. The van der Waals surface area contributed by atoms with Crippen molar-refractivity contribution in [2.45, 2.75) is 0 Å². The summed E-state index contributed by atoms with van der Waals surface area (Å²) in [5.74, 6) is 0. The van der Waals surface area contributed by atoms with Gasteiger partial charge in [-0.25, -0.2) is 4.98 Å². The number of nitrogens with zero attached hydrogens (tertiary/aromatic N) is 4. The lowest BCUT2D eigenvalue weighted by molar-refractivity contribution is -0.122. The number of hydrogen-bond acceptors (Lipinski definition) is 5. The van der Waals surface area contributed by atoms with Crippen molar-refractivity contribution in [2.75, 3.05) is 0 Å². The van der Waals surface area contributed by atoms with E-state index in [-0.39, 0.29) is 6.47 Å². The second kappa shape index (κ2) is 4.00. The van der Waals surface area contributed by atoms with Crippen LogP contribution in [0.15, 0.2) is 18.3 Å². The lowest BCUT2D eigenvalue weighted by Gasteiger charge is -1.85. The molecule has 13 heavy (non-hydrogen) atoms. The molecule has 7 nitrogen and oxygen atoms in total. The van der Waals surface area contributed by atoms with E-state index in [1.54, 1.807) is 18.3 Å². The summed E-state index contributed by atoms with van der Waals surface area (Å²) >= 11 is 0. The van der Waals surface area contributed by atoms with Gasteiger partial charge in [0.05, 0.1) is 0 Å². The lowest BCUT2D eigenvalue weighted by Crippen LogP contribution is -1.92. The molecular formula is C6H6N4O3. The van der Waals surface area contributed by atoms with E-state index in [2.05, 4.69) is 15.3 Å². The van der Waals surface area contributed by atoms with Crippen LogP contribution in [0.4, 0.5) is 0 Å². The number of fused-ring (bicyclic) bond motifs is 1. The summed E-state index contributed by atoms with van der Waals surface area (Å²) < 4.78 is 0. The smallest absolute Gasteiger partial charge is 0.290 e. The van der Waals surface area contributed by atoms with Crippen molar-refractivity contribution in [3.05, 3.63) is 18.3 Å². The van der Waals surface area contributed by atoms with E-state index >= 15 is 0 Å². The van der Waals surface area contributed by atoms with E-state index in [1.165, 1.54) is 0 Å². The second-order valence-corrected chi connectivity index (χ2v) is 1.93. The Morgan fingerprint density at radius 3 is 2.85 bits per heavy atom. The third-order valence-corrected chi connectivity index (χ3v) is 1.19. The van der Waals surface area contributed by atoms with Gasteiger partial charge in [-0.2, -0.15) is 0 Å². The van der Waals surface area contributed by atoms with Gasteiger partial charge >= 0.3 is 0 Å². The first-order chi connectivity index (χ1) is 6.29. The first-order valence-electron chi connectivity index (χ1n) is 3.23. The van der Waals surface area contributed by atoms with Crippen LogP contribution in [-0.2, 0) is 4.79 Å². The summed E-state index contributed by atoms with van der Waals surface area (Å²) in [5.41, 5.74) is 0.965. The topological polar surface area (TPSA) is 101 Å². The van der Waals surface area contributed by atoms with E-state index < -0.39 is 0 Å². The van der Waals surface area contributed by atoms with Gasteiger partial charge in [-0.1, -0.05) is 4.85 Å². The van der Waals surface area contributed by atoms with Gasteiger partial charge in [0.25, 0.3) is 6.47 Å². The number of carbonyl (C=O) groups is 1. The zero-order valence-corrected chi connectivity index (χ0v) is 6.40. The van der Waals surface area contributed by atoms with Crippen LogP contribution in [0, 0.1) is 0 Å². The molecule has 0 spiro atoms. The minimum atomic E-state index is -0.250. The summed E-state index contributed by atoms with van der Waals surface area (Å²) in [4.78, 5) is 12.8. The first kappa shape index (κ1) is 8.91.